The molecule has 5 rings (SSSR count). The SMILES string of the molecule is CC(C)C[C@@H](/C=C/[C@H](Cc1ccccc1)C(=O)N1CCC[C@H]1C(=O)N[C@@H](CCCNC(=O)OCC1c2ccccc2-c2ccccc21)C(N)=O)NC(=O)OC(C)(C)C. The van der Waals surface area contributed by atoms with Gasteiger partial charge in [0.15, 0.2) is 0 Å². The first-order chi connectivity index (χ1) is 27.7. The van der Waals surface area contributed by atoms with Crippen LogP contribution in [0.3, 0.4) is 0 Å². The Morgan fingerprint density at radius 3 is 2.12 bits per heavy atom. The Bertz CT molecular complexity index is 1880. The molecule has 2 aliphatic rings. The molecule has 0 spiro atoms. The average Bonchev–Trinajstić information content (AvgIpc) is 3.79. The summed E-state index contributed by atoms with van der Waals surface area (Å²) in [4.78, 5) is 67.5. The van der Waals surface area contributed by atoms with Crippen molar-refractivity contribution in [3.8, 4) is 11.1 Å². The lowest BCUT2D eigenvalue weighted by atomic mass is 9.95. The Morgan fingerprint density at radius 1 is 0.862 bits per heavy atom. The highest BCUT2D eigenvalue weighted by Crippen LogP contribution is 2.44. The Labute approximate surface area is 342 Å². The summed E-state index contributed by atoms with van der Waals surface area (Å²) in [5.74, 6) is -1.82. The predicted molar refractivity (Wildman–Crippen MR) is 224 cm³/mol. The lowest BCUT2D eigenvalue weighted by Gasteiger charge is -2.29. The maximum atomic E-state index is 14.3. The molecule has 1 aliphatic heterocycles. The van der Waals surface area contributed by atoms with Gasteiger partial charge in [-0.05, 0) is 93.0 Å². The zero-order chi connectivity index (χ0) is 41.8. The molecule has 1 fully saturated rings. The van der Waals surface area contributed by atoms with Gasteiger partial charge in [-0.15, -0.1) is 0 Å². The number of amides is 5. The molecule has 0 radical (unpaired) electrons. The summed E-state index contributed by atoms with van der Waals surface area (Å²) < 4.78 is 11.1. The lowest BCUT2D eigenvalue weighted by molar-refractivity contribution is -0.141. The quantitative estimate of drug-likeness (QED) is 0.0880. The van der Waals surface area contributed by atoms with Crippen molar-refractivity contribution in [3.63, 3.8) is 0 Å². The number of rotatable bonds is 17. The van der Waals surface area contributed by atoms with Gasteiger partial charge < -0.3 is 36.1 Å². The first kappa shape index (κ1) is 43.5. The summed E-state index contributed by atoms with van der Waals surface area (Å²) >= 11 is 0. The maximum absolute atomic E-state index is 14.3. The van der Waals surface area contributed by atoms with E-state index in [-0.39, 0.29) is 43.4 Å². The van der Waals surface area contributed by atoms with Gasteiger partial charge in [0.2, 0.25) is 17.7 Å². The molecule has 58 heavy (non-hydrogen) atoms. The van der Waals surface area contributed by atoms with Gasteiger partial charge in [-0.3, -0.25) is 14.4 Å². The lowest BCUT2D eigenvalue weighted by Crippen LogP contribution is -2.53. The third-order valence-corrected chi connectivity index (χ3v) is 10.4. The van der Waals surface area contributed by atoms with Gasteiger partial charge >= 0.3 is 12.2 Å². The van der Waals surface area contributed by atoms with E-state index >= 15 is 0 Å². The van der Waals surface area contributed by atoms with E-state index in [0.717, 1.165) is 27.8 Å². The molecule has 0 unspecified atom stereocenters. The molecule has 0 bridgehead atoms. The summed E-state index contributed by atoms with van der Waals surface area (Å²) in [5, 5.41) is 8.46. The van der Waals surface area contributed by atoms with Gasteiger partial charge in [0, 0.05) is 19.0 Å². The summed E-state index contributed by atoms with van der Waals surface area (Å²) in [7, 11) is 0. The number of ether oxygens (including phenoxy) is 2. The van der Waals surface area contributed by atoms with Crippen LogP contribution in [0.5, 0.6) is 0 Å². The van der Waals surface area contributed by atoms with Gasteiger partial charge in [-0.25, -0.2) is 9.59 Å². The van der Waals surface area contributed by atoms with E-state index in [1.54, 1.807) is 25.7 Å². The van der Waals surface area contributed by atoms with Gasteiger partial charge in [0.1, 0.15) is 24.3 Å². The molecule has 0 saturated carbocycles. The largest absolute Gasteiger partial charge is 0.449 e. The van der Waals surface area contributed by atoms with Gasteiger partial charge in [0.05, 0.1) is 12.0 Å². The Hall–Kier alpha value is -5.65. The monoisotopic (exact) mass is 793 g/mol. The summed E-state index contributed by atoms with van der Waals surface area (Å²) in [6.07, 6.45) is 5.17. The number of likely N-dealkylation sites (tertiary alicyclic amines) is 1. The fourth-order valence-corrected chi connectivity index (χ4v) is 7.74. The van der Waals surface area contributed by atoms with E-state index in [0.29, 0.717) is 38.6 Å². The fraction of sp³-hybridized carbons (Fsp3) is 0.457. The second-order valence-corrected chi connectivity index (χ2v) is 16.6. The number of carbonyl (C=O) groups excluding carboxylic acids is 5. The maximum Gasteiger partial charge on any atom is 0.408 e. The Kier molecular flexibility index (Phi) is 15.1. The normalized spacial score (nSPS) is 16.6. The van der Waals surface area contributed by atoms with E-state index in [2.05, 4.69) is 54.1 Å². The average molecular weight is 794 g/mol. The number of benzene rings is 3. The topological polar surface area (TPSA) is 169 Å². The second kappa shape index (κ2) is 20.2. The van der Waals surface area contributed by atoms with Crippen LogP contribution in [-0.4, -0.2) is 78.2 Å². The molecular weight excluding hydrogens is 735 g/mol. The van der Waals surface area contributed by atoms with E-state index in [1.807, 2.05) is 66.7 Å². The van der Waals surface area contributed by atoms with E-state index in [9.17, 15) is 24.0 Å². The molecule has 12 nitrogen and oxygen atoms in total. The van der Waals surface area contributed by atoms with Crippen molar-refractivity contribution < 1.29 is 33.4 Å². The molecule has 5 amide bonds. The number of nitrogens with one attached hydrogen (secondary N) is 3. The predicted octanol–water partition coefficient (Wildman–Crippen LogP) is 6.62. The number of fused-ring (bicyclic) bond motifs is 3. The van der Waals surface area contributed by atoms with Crippen molar-refractivity contribution in [2.24, 2.45) is 17.6 Å². The molecular formula is C46H59N5O7. The molecule has 12 heteroatoms. The van der Waals surface area contributed by atoms with Crippen LogP contribution in [0.25, 0.3) is 11.1 Å². The van der Waals surface area contributed by atoms with Crippen LogP contribution in [0.2, 0.25) is 0 Å². The molecule has 1 saturated heterocycles. The number of primary amides is 1. The number of alkyl carbamates (subject to hydrolysis) is 2. The highest BCUT2D eigenvalue weighted by Gasteiger charge is 2.38. The first-order valence-electron chi connectivity index (χ1n) is 20.4. The number of hydrogen-bond donors (Lipinski definition) is 4. The van der Waals surface area contributed by atoms with Crippen LogP contribution < -0.4 is 21.7 Å². The number of carbonyl (C=O) groups is 5. The third-order valence-electron chi connectivity index (χ3n) is 10.4. The third kappa shape index (κ3) is 12.2. The molecule has 310 valence electrons. The smallest absolute Gasteiger partial charge is 0.408 e. The standard InChI is InChI=1S/C46H59N5O7/c1-30(2)27-33(49-45(56)58-46(3,4)5)24-23-32(28-31-15-7-6-8-16-31)43(54)51-26-14-22-40(51)42(53)50-39(41(47)52)21-13-25-48-44(55)57-29-38-36-19-11-9-17-34(36)35-18-10-12-20-37(35)38/h6-12,15-20,23-24,30,32-33,38-40H,13-14,21-22,25-29H2,1-5H3,(H2,47,52)(H,48,55)(H,49,56)(H,50,53)/b24-23+/t32-,33-,39+,40+/m1/s1. The van der Waals surface area contributed by atoms with Gasteiger partial charge in [0.25, 0.3) is 0 Å². The van der Waals surface area contributed by atoms with Gasteiger partial charge in [-0.1, -0.05) is 105 Å². The van der Waals surface area contributed by atoms with E-state index in [1.165, 1.54) is 0 Å². The summed E-state index contributed by atoms with van der Waals surface area (Å²) in [6.45, 7) is 10.3. The van der Waals surface area contributed by atoms with Crippen LogP contribution in [0.15, 0.2) is 91.0 Å². The molecule has 1 heterocycles. The van der Waals surface area contributed by atoms with Crippen LogP contribution >= 0.6 is 0 Å². The van der Waals surface area contributed by atoms with Crippen molar-refractivity contribution in [1.29, 1.82) is 0 Å². The van der Waals surface area contributed by atoms with E-state index < -0.39 is 47.6 Å². The second-order valence-electron chi connectivity index (χ2n) is 16.6. The van der Waals surface area contributed by atoms with Crippen LogP contribution in [0.4, 0.5) is 9.59 Å². The highest BCUT2D eigenvalue weighted by molar-refractivity contribution is 5.93. The van der Waals surface area contributed by atoms with Crippen molar-refractivity contribution in [3.05, 3.63) is 108 Å². The molecule has 3 aromatic rings. The number of nitrogens with two attached hydrogens (primary N) is 1. The van der Waals surface area contributed by atoms with Crippen molar-refractivity contribution in [2.75, 3.05) is 19.7 Å². The molecule has 0 aromatic heterocycles. The first-order valence-corrected chi connectivity index (χ1v) is 20.4. The van der Waals surface area contributed by atoms with Gasteiger partial charge in [-0.2, -0.15) is 0 Å². The van der Waals surface area contributed by atoms with Crippen molar-refractivity contribution in [1.82, 2.24) is 20.9 Å². The van der Waals surface area contributed by atoms with Crippen LogP contribution in [-0.2, 0) is 30.3 Å². The number of hydrogen-bond acceptors (Lipinski definition) is 7. The summed E-state index contributed by atoms with van der Waals surface area (Å²) in [6, 6.07) is 23.7. The Balaban J connectivity index is 1.16. The fourth-order valence-electron chi connectivity index (χ4n) is 7.74. The molecule has 5 N–H and O–H groups in total. The minimum atomic E-state index is -0.995. The molecule has 3 aromatic carbocycles. The van der Waals surface area contributed by atoms with E-state index in [4.69, 9.17) is 15.2 Å². The summed E-state index contributed by atoms with van der Waals surface area (Å²) in [5.41, 5.74) is 10.5. The van der Waals surface area contributed by atoms with Crippen molar-refractivity contribution >= 4 is 29.9 Å². The highest BCUT2D eigenvalue weighted by atomic mass is 16.6. The zero-order valence-corrected chi connectivity index (χ0v) is 34.4. The Morgan fingerprint density at radius 2 is 1.50 bits per heavy atom. The molecule has 1 aliphatic carbocycles. The minimum absolute atomic E-state index is 0.0674. The number of nitrogens with zero attached hydrogens (tertiary/aromatic N) is 1. The van der Waals surface area contributed by atoms with Crippen molar-refractivity contribution in [2.45, 2.75) is 103 Å². The molecule has 4 atom stereocenters. The zero-order valence-electron chi connectivity index (χ0n) is 34.4. The van der Waals surface area contributed by atoms with Crippen LogP contribution in [0, 0.1) is 11.8 Å². The minimum Gasteiger partial charge on any atom is -0.449 e. The van der Waals surface area contributed by atoms with Crippen LogP contribution in [0.1, 0.15) is 89.3 Å².